The van der Waals surface area contributed by atoms with Gasteiger partial charge < -0.3 is 10.1 Å². The Bertz CT molecular complexity index is 1480. The van der Waals surface area contributed by atoms with E-state index in [1.165, 1.54) is 28.9 Å². The Morgan fingerprint density at radius 1 is 0.973 bits per heavy atom. The van der Waals surface area contributed by atoms with Crippen LogP contribution in [0.2, 0.25) is 0 Å². The number of benzene rings is 4. The fourth-order valence-corrected chi connectivity index (χ4v) is 5.80. The first kappa shape index (κ1) is 23.7. The molecule has 3 atom stereocenters. The average Bonchev–Trinajstić information content (AvgIpc) is 3.42. The minimum atomic E-state index is -0.264. The molecule has 4 aromatic carbocycles. The maximum atomic E-state index is 13.4. The number of nitrogens with one attached hydrogen (secondary N) is 1. The number of nitrogens with zero attached hydrogens (tertiary/aromatic N) is 1. The molecular formula is C32H26BrFN2O. The summed E-state index contributed by atoms with van der Waals surface area (Å²) in [5, 5.41) is 3.78. The second kappa shape index (κ2) is 10.3. The smallest absolute Gasteiger partial charge is 0.134 e. The zero-order valence-electron chi connectivity index (χ0n) is 20.1. The maximum absolute atomic E-state index is 13.4. The predicted molar refractivity (Wildman–Crippen MR) is 151 cm³/mol. The van der Waals surface area contributed by atoms with Crippen molar-refractivity contribution in [3.8, 4) is 5.75 Å². The highest BCUT2D eigenvalue weighted by Crippen LogP contribution is 2.49. The van der Waals surface area contributed by atoms with Crippen molar-refractivity contribution in [3.05, 3.63) is 136 Å². The van der Waals surface area contributed by atoms with Gasteiger partial charge in [0.15, 0.2) is 0 Å². The summed E-state index contributed by atoms with van der Waals surface area (Å²) in [6, 6.07) is 29.7. The van der Waals surface area contributed by atoms with E-state index in [1.54, 1.807) is 6.07 Å². The molecular weight excluding hydrogens is 527 g/mol. The molecule has 0 unspecified atom stereocenters. The first-order valence-corrected chi connectivity index (χ1v) is 13.3. The lowest BCUT2D eigenvalue weighted by atomic mass is 9.77. The molecule has 5 heteroatoms. The molecule has 1 aliphatic carbocycles. The van der Waals surface area contributed by atoms with Gasteiger partial charge in [-0.05, 0) is 99.1 Å². The van der Waals surface area contributed by atoms with Crippen molar-refractivity contribution in [2.24, 2.45) is 10.9 Å². The highest BCUT2D eigenvalue weighted by atomic mass is 79.9. The number of halogens is 2. The van der Waals surface area contributed by atoms with Crippen molar-refractivity contribution in [2.75, 3.05) is 5.32 Å². The minimum absolute atomic E-state index is 0.264. The van der Waals surface area contributed by atoms with Crippen LogP contribution >= 0.6 is 15.9 Å². The van der Waals surface area contributed by atoms with Crippen molar-refractivity contribution in [3.63, 3.8) is 0 Å². The largest absolute Gasteiger partial charge is 0.488 e. The molecule has 0 saturated carbocycles. The second-order valence-electron chi connectivity index (χ2n) is 9.52. The Kier molecular flexibility index (Phi) is 6.62. The Balaban J connectivity index is 1.12. The summed E-state index contributed by atoms with van der Waals surface area (Å²) in [6.45, 7) is 0.301. The second-order valence-corrected chi connectivity index (χ2v) is 10.4. The third kappa shape index (κ3) is 5.09. The molecule has 0 saturated heterocycles. The first-order valence-electron chi connectivity index (χ1n) is 12.5. The van der Waals surface area contributed by atoms with Crippen LogP contribution in [-0.4, -0.2) is 6.21 Å². The summed E-state index contributed by atoms with van der Waals surface area (Å²) in [6.07, 6.45) is 7.63. The Morgan fingerprint density at radius 2 is 1.84 bits per heavy atom. The number of ether oxygens (including phenoxy) is 1. The van der Waals surface area contributed by atoms with E-state index in [9.17, 15) is 4.39 Å². The highest BCUT2D eigenvalue weighted by Gasteiger charge is 2.37. The maximum Gasteiger partial charge on any atom is 0.134 e. The summed E-state index contributed by atoms with van der Waals surface area (Å²) < 4.78 is 20.1. The number of rotatable bonds is 6. The number of aliphatic imine (C=N–C) groups is 1. The van der Waals surface area contributed by atoms with Gasteiger partial charge in [0.2, 0.25) is 0 Å². The summed E-state index contributed by atoms with van der Waals surface area (Å²) in [5.41, 5.74) is 6.57. The monoisotopic (exact) mass is 552 g/mol. The third-order valence-corrected chi connectivity index (χ3v) is 7.75. The predicted octanol–water partition coefficient (Wildman–Crippen LogP) is 8.74. The van der Waals surface area contributed by atoms with Crippen molar-refractivity contribution in [1.29, 1.82) is 0 Å². The van der Waals surface area contributed by atoms with Crippen LogP contribution in [0.25, 0.3) is 0 Å². The van der Waals surface area contributed by atoms with Crippen LogP contribution in [0.5, 0.6) is 5.75 Å². The number of fused-ring (bicyclic) bond motifs is 3. The van der Waals surface area contributed by atoms with Crippen LogP contribution in [0.4, 0.5) is 15.8 Å². The third-order valence-electron chi connectivity index (χ3n) is 7.13. The normalized spacial score (nSPS) is 19.9. The quantitative estimate of drug-likeness (QED) is 0.191. The molecule has 37 heavy (non-hydrogen) atoms. The fourth-order valence-electron chi connectivity index (χ4n) is 5.29. The van der Waals surface area contributed by atoms with Gasteiger partial charge in [-0.15, -0.1) is 0 Å². The van der Waals surface area contributed by atoms with Gasteiger partial charge in [0.05, 0.1) is 16.2 Å². The molecule has 0 spiro atoms. The van der Waals surface area contributed by atoms with Gasteiger partial charge in [0.1, 0.15) is 18.2 Å². The number of anilines is 1. The van der Waals surface area contributed by atoms with Gasteiger partial charge in [-0.25, -0.2) is 4.39 Å². The minimum Gasteiger partial charge on any atom is -0.488 e. The highest BCUT2D eigenvalue weighted by molar-refractivity contribution is 9.10. The molecule has 2 aliphatic rings. The lowest BCUT2D eigenvalue weighted by Crippen LogP contribution is -2.28. The molecule has 0 bridgehead atoms. The number of para-hydroxylation sites is 1. The summed E-state index contributed by atoms with van der Waals surface area (Å²) in [7, 11) is 0. The number of hydrogen-bond acceptors (Lipinski definition) is 3. The van der Waals surface area contributed by atoms with E-state index in [0.717, 1.165) is 27.7 Å². The van der Waals surface area contributed by atoms with Crippen LogP contribution in [0.15, 0.2) is 113 Å². The zero-order chi connectivity index (χ0) is 25.2. The summed E-state index contributed by atoms with van der Waals surface area (Å²) in [5.74, 6) is 1.44. The van der Waals surface area contributed by atoms with Gasteiger partial charge in [0, 0.05) is 17.8 Å². The number of hydrogen-bond donors (Lipinski definition) is 1. The van der Waals surface area contributed by atoms with E-state index in [4.69, 9.17) is 4.74 Å². The average molecular weight is 553 g/mol. The van der Waals surface area contributed by atoms with E-state index in [1.807, 2.05) is 30.5 Å². The van der Waals surface area contributed by atoms with Crippen molar-refractivity contribution in [2.45, 2.75) is 25.0 Å². The van der Waals surface area contributed by atoms with E-state index in [0.29, 0.717) is 24.2 Å². The van der Waals surface area contributed by atoms with E-state index in [-0.39, 0.29) is 11.9 Å². The molecule has 184 valence electrons. The Hall–Kier alpha value is -3.70. The molecule has 0 radical (unpaired) electrons. The summed E-state index contributed by atoms with van der Waals surface area (Å²) in [4.78, 5) is 4.68. The molecule has 0 fully saturated rings. The first-order chi connectivity index (χ1) is 18.1. The van der Waals surface area contributed by atoms with Gasteiger partial charge in [-0.2, -0.15) is 0 Å². The SMILES string of the molecule is Fc1cccc(COc2ccc(C=Nc3ccc([C@@H]4Nc5ccccc5[C@H]5C=CC[C@H]54)cc3)cc2Br)c1. The van der Waals surface area contributed by atoms with E-state index >= 15 is 0 Å². The Labute approximate surface area is 224 Å². The number of allylic oxidation sites excluding steroid dienone is 2. The molecule has 4 aromatic rings. The molecule has 1 N–H and O–H groups in total. The van der Waals surface area contributed by atoms with Crippen LogP contribution in [0, 0.1) is 11.7 Å². The van der Waals surface area contributed by atoms with Gasteiger partial charge >= 0.3 is 0 Å². The molecule has 3 nitrogen and oxygen atoms in total. The van der Waals surface area contributed by atoms with Crippen molar-refractivity contribution in [1.82, 2.24) is 0 Å². The standard InChI is InChI=1S/C32H26BrFN2O/c33-29-18-21(11-16-31(29)37-20-22-5-3-6-24(34)17-22)19-35-25-14-12-23(13-15-25)32-28-9-4-8-26(28)27-7-1-2-10-30(27)36-32/h1-8,10-19,26,28,32,36H,9,20H2/t26-,28-,32+/m1/s1. The summed E-state index contributed by atoms with van der Waals surface area (Å²) >= 11 is 3.58. The lowest BCUT2D eigenvalue weighted by Gasteiger charge is -2.37. The van der Waals surface area contributed by atoms with Gasteiger partial charge in [-0.3, -0.25) is 4.99 Å². The van der Waals surface area contributed by atoms with Gasteiger partial charge in [-0.1, -0.05) is 54.6 Å². The van der Waals surface area contributed by atoms with E-state index < -0.39 is 0 Å². The molecule has 0 amide bonds. The molecule has 1 heterocycles. The molecule has 1 aliphatic heterocycles. The van der Waals surface area contributed by atoms with Crippen LogP contribution < -0.4 is 10.1 Å². The Morgan fingerprint density at radius 3 is 2.68 bits per heavy atom. The lowest BCUT2D eigenvalue weighted by molar-refractivity contribution is 0.303. The molecule has 6 rings (SSSR count). The van der Waals surface area contributed by atoms with Crippen LogP contribution in [0.1, 0.15) is 40.6 Å². The zero-order valence-corrected chi connectivity index (χ0v) is 21.7. The van der Waals surface area contributed by atoms with E-state index in [2.05, 4.69) is 86.9 Å². The molecule has 0 aromatic heterocycles. The van der Waals surface area contributed by atoms with Crippen LogP contribution in [-0.2, 0) is 6.61 Å². The fraction of sp³-hybridized carbons (Fsp3) is 0.156. The van der Waals surface area contributed by atoms with Crippen molar-refractivity contribution < 1.29 is 9.13 Å². The topological polar surface area (TPSA) is 33.6 Å². The van der Waals surface area contributed by atoms with Gasteiger partial charge in [0.25, 0.3) is 0 Å². The van der Waals surface area contributed by atoms with Crippen molar-refractivity contribution >= 4 is 33.5 Å². The van der Waals surface area contributed by atoms with Crippen LogP contribution in [0.3, 0.4) is 0 Å².